The highest BCUT2D eigenvalue weighted by Crippen LogP contribution is 2.33. The number of nitrogens with one attached hydrogen (secondary N) is 2. The number of halogens is 4. The van der Waals surface area contributed by atoms with Crippen LogP contribution in [0.1, 0.15) is 5.56 Å². The number of amides is 2. The minimum atomic E-state index is -4.56. The first-order chi connectivity index (χ1) is 13.7. The van der Waals surface area contributed by atoms with Crippen LogP contribution in [0.3, 0.4) is 0 Å². The molecule has 0 aliphatic carbocycles. The maximum atomic E-state index is 12.6. The molecule has 2 amide bonds. The number of pyridine rings is 1. The van der Waals surface area contributed by atoms with E-state index in [9.17, 15) is 22.8 Å². The number of thioether (sulfide) groups is 1. The predicted molar refractivity (Wildman–Crippen MR) is 97.6 cm³/mol. The number of hydrogen-bond donors (Lipinski definition) is 2. The maximum absolute atomic E-state index is 12.6. The first kappa shape index (κ1) is 21.1. The van der Waals surface area contributed by atoms with E-state index in [4.69, 9.17) is 21.1 Å². The largest absolute Gasteiger partial charge is 0.485 e. The highest BCUT2D eigenvalue weighted by Gasteiger charge is 2.32. The Hall–Kier alpha value is -2.66. The number of hydrazine groups is 1. The van der Waals surface area contributed by atoms with Crippen molar-refractivity contribution < 1.29 is 32.2 Å². The zero-order valence-corrected chi connectivity index (χ0v) is 16.0. The van der Waals surface area contributed by atoms with E-state index >= 15 is 0 Å². The van der Waals surface area contributed by atoms with Crippen molar-refractivity contribution in [2.75, 3.05) is 12.4 Å². The molecule has 1 aliphatic rings. The zero-order chi connectivity index (χ0) is 21.0. The van der Waals surface area contributed by atoms with Crippen LogP contribution in [-0.2, 0) is 15.8 Å². The molecule has 154 valence electrons. The summed E-state index contributed by atoms with van der Waals surface area (Å²) in [6.07, 6.45) is -4.89. The quantitative estimate of drug-likeness (QED) is 0.553. The molecule has 0 spiro atoms. The standard InChI is InChI=1S/C17H13ClF3N3O4S/c18-10-5-9(17(19,20)21)6-22-16(10)29-8-14(25)23-24-15(26)13-7-27-11-3-1-2-4-12(11)28-13/h1-6,13H,7-8H2,(H,23,25)(H,24,26)/t13-/m0/s1. The SMILES string of the molecule is O=C(CSc1ncc(C(F)(F)F)cc1Cl)NNC(=O)[C@@H]1COc2ccccc2O1. The van der Waals surface area contributed by atoms with Crippen LogP contribution in [0, 0.1) is 0 Å². The third kappa shape index (κ3) is 5.45. The summed E-state index contributed by atoms with van der Waals surface area (Å²) in [7, 11) is 0. The summed E-state index contributed by atoms with van der Waals surface area (Å²) < 4.78 is 48.7. The monoisotopic (exact) mass is 447 g/mol. The Bertz CT molecular complexity index is 929. The Balaban J connectivity index is 1.46. The van der Waals surface area contributed by atoms with Gasteiger partial charge in [0.2, 0.25) is 12.0 Å². The van der Waals surface area contributed by atoms with Gasteiger partial charge in [-0.25, -0.2) is 4.98 Å². The molecule has 0 bridgehead atoms. The number of para-hydroxylation sites is 2. The lowest BCUT2D eigenvalue weighted by molar-refractivity contribution is -0.138. The van der Waals surface area contributed by atoms with Crippen LogP contribution >= 0.6 is 23.4 Å². The lowest BCUT2D eigenvalue weighted by atomic mass is 10.2. The molecule has 0 unspecified atom stereocenters. The van der Waals surface area contributed by atoms with Gasteiger partial charge in [0.05, 0.1) is 16.3 Å². The molecule has 2 heterocycles. The highest BCUT2D eigenvalue weighted by atomic mass is 35.5. The summed E-state index contributed by atoms with van der Waals surface area (Å²) in [4.78, 5) is 27.6. The molecule has 1 aliphatic heterocycles. The normalized spacial score (nSPS) is 15.5. The molecule has 0 fully saturated rings. The van der Waals surface area contributed by atoms with E-state index in [1.807, 2.05) is 0 Å². The van der Waals surface area contributed by atoms with Crippen molar-refractivity contribution in [3.05, 3.63) is 47.1 Å². The average molecular weight is 448 g/mol. The van der Waals surface area contributed by atoms with E-state index < -0.39 is 29.7 Å². The summed E-state index contributed by atoms with van der Waals surface area (Å²) in [5.41, 5.74) is 3.40. The number of carbonyl (C=O) groups excluding carboxylic acids is 2. The van der Waals surface area contributed by atoms with Gasteiger partial charge in [0.1, 0.15) is 11.6 Å². The molecule has 1 aromatic heterocycles. The van der Waals surface area contributed by atoms with Gasteiger partial charge in [0.15, 0.2) is 11.5 Å². The summed E-state index contributed by atoms with van der Waals surface area (Å²) in [6, 6.07) is 7.56. The van der Waals surface area contributed by atoms with Crippen LogP contribution in [0.4, 0.5) is 13.2 Å². The van der Waals surface area contributed by atoms with Crippen molar-refractivity contribution in [1.82, 2.24) is 15.8 Å². The molecule has 12 heteroatoms. The number of alkyl halides is 3. The summed E-state index contributed by atoms with van der Waals surface area (Å²) >= 11 is 6.60. The molecule has 2 N–H and O–H groups in total. The number of carbonyl (C=O) groups is 2. The number of nitrogens with zero attached hydrogens (tertiary/aromatic N) is 1. The van der Waals surface area contributed by atoms with Gasteiger partial charge in [-0.1, -0.05) is 35.5 Å². The first-order valence-electron chi connectivity index (χ1n) is 8.07. The van der Waals surface area contributed by atoms with Crippen LogP contribution < -0.4 is 20.3 Å². The number of fused-ring (bicyclic) bond motifs is 1. The van der Waals surface area contributed by atoms with Gasteiger partial charge >= 0.3 is 6.18 Å². The second kappa shape index (κ2) is 8.78. The van der Waals surface area contributed by atoms with Crippen LogP contribution in [0.5, 0.6) is 11.5 Å². The van der Waals surface area contributed by atoms with Crippen molar-refractivity contribution in [2.24, 2.45) is 0 Å². The Morgan fingerprint density at radius 3 is 2.66 bits per heavy atom. The number of aromatic nitrogens is 1. The number of hydrogen-bond acceptors (Lipinski definition) is 6. The molecule has 0 saturated heterocycles. The molecule has 29 heavy (non-hydrogen) atoms. The summed E-state index contributed by atoms with van der Waals surface area (Å²) in [5.74, 6) is -0.549. The zero-order valence-electron chi connectivity index (χ0n) is 14.5. The molecule has 3 rings (SSSR count). The van der Waals surface area contributed by atoms with Crippen molar-refractivity contribution in [3.8, 4) is 11.5 Å². The van der Waals surface area contributed by atoms with Gasteiger partial charge in [0, 0.05) is 6.20 Å². The molecular formula is C17H13ClF3N3O4S. The van der Waals surface area contributed by atoms with Gasteiger partial charge in [-0.15, -0.1) is 0 Å². The van der Waals surface area contributed by atoms with E-state index in [-0.39, 0.29) is 22.4 Å². The minimum absolute atomic E-state index is 0.0292. The molecular weight excluding hydrogens is 435 g/mol. The van der Waals surface area contributed by atoms with Gasteiger partial charge < -0.3 is 9.47 Å². The number of rotatable bonds is 4. The van der Waals surface area contributed by atoms with Gasteiger partial charge in [-0.2, -0.15) is 13.2 Å². The van der Waals surface area contributed by atoms with Crippen molar-refractivity contribution in [1.29, 1.82) is 0 Å². The number of benzene rings is 1. The molecule has 7 nitrogen and oxygen atoms in total. The average Bonchev–Trinajstić information content (AvgIpc) is 2.70. The molecule has 1 aromatic carbocycles. The Morgan fingerprint density at radius 2 is 1.97 bits per heavy atom. The van der Waals surface area contributed by atoms with Crippen LogP contribution in [-0.4, -0.2) is 35.3 Å². The smallest absolute Gasteiger partial charge is 0.417 e. The second-order valence-corrected chi connectivity index (χ2v) is 7.07. The maximum Gasteiger partial charge on any atom is 0.417 e. The fraction of sp³-hybridized carbons (Fsp3) is 0.235. The van der Waals surface area contributed by atoms with E-state index in [2.05, 4.69) is 15.8 Å². The highest BCUT2D eigenvalue weighted by molar-refractivity contribution is 8.00. The van der Waals surface area contributed by atoms with Crippen molar-refractivity contribution in [2.45, 2.75) is 17.3 Å². The third-order valence-electron chi connectivity index (χ3n) is 3.60. The van der Waals surface area contributed by atoms with E-state index in [1.165, 1.54) is 0 Å². The lowest BCUT2D eigenvalue weighted by Gasteiger charge is -2.25. The van der Waals surface area contributed by atoms with Crippen LogP contribution in [0.25, 0.3) is 0 Å². The van der Waals surface area contributed by atoms with Crippen LogP contribution in [0.2, 0.25) is 5.02 Å². The van der Waals surface area contributed by atoms with Crippen molar-refractivity contribution in [3.63, 3.8) is 0 Å². The molecule has 0 radical (unpaired) electrons. The van der Waals surface area contributed by atoms with E-state index in [1.54, 1.807) is 24.3 Å². The fourth-order valence-corrected chi connectivity index (χ4v) is 3.21. The summed E-state index contributed by atoms with van der Waals surface area (Å²) in [6.45, 7) is -0.0292. The topological polar surface area (TPSA) is 89.6 Å². The Morgan fingerprint density at radius 1 is 1.24 bits per heavy atom. The Labute approximate surface area is 171 Å². The van der Waals surface area contributed by atoms with Gasteiger partial charge in [0.25, 0.3) is 5.91 Å². The number of ether oxygens (including phenoxy) is 2. The van der Waals surface area contributed by atoms with Gasteiger partial charge in [-0.3, -0.25) is 20.4 Å². The van der Waals surface area contributed by atoms with Gasteiger partial charge in [-0.05, 0) is 18.2 Å². The minimum Gasteiger partial charge on any atom is -0.485 e. The predicted octanol–water partition coefficient (Wildman–Crippen LogP) is 2.83. The molecule has 1 atom stereocenters. The summed E-state index contributed by atoms with van der Waals surface area (Å²) in [5, 5.41) is -0.171. The fourth-order valence-electron chi connectivity index (χ4n) is 2.22. The third-order valence-corrected chi connectivity index (χ3v) is 5.01. The Kier molecular flexibility index (Phi) is 6.38. The lowest BCUT2D eigenvalue weighted by Crippen LogP contribution is -2.51. The molecule has 2 aromatic rings. The van der Waals surface area contributed by atoms with E-state index in [0.717, 1.165) is 17.8 Å². The van der Waals surface area contributed by atoms with E-state index in [0.29, 0.717) is 17.7 Å². The first-order valence-corrected chi connectivity index (χ1v) is 9.43. The molecule has 0 saturated carbocycles. The second-order valence-electron chi connectivity index (χ2n) is 5.70. The van der Waals surface area contributed by atoms with Crippen LogP contribution in [0.15, 0.2) is 41.6 Å². The van der Waals surface area contributed by atoms with Crippen molar-refractivity contribution >= 4 is 35.2 Å².